The first-order valence-electron chi connectivity index (χ1n) is 6.56. The molecule has 0 amide bonds. The summed E-state index contributed by atoms with van der Waals surface area (Å²) in [6, 6.07) is 5.44. The molecule has 1 aliphatic heterocycles. The molecule has 1 fully saturated rings. The summed E-state index contributed by atoms with van der Waals surface area (Å²) in [5, 5.41) is 0. The summed E-state index contributed by atoms with van der Waals surface area (Å²) in [7, 11) is 4.23. The Kier molecular flexibility index (Phi) is 4.95. The second-order valence-electron chi connectivity index (χ2n) is 5.39. The van der Waals surface area contributed by atoms with E-state index >= 15 is 0 Å². The number of benzene rings is 1. The average Bonchev–Trinajstić information content (AvgIpc) is 2.38. The molecule has 1 heterocycles. The van der Waals surface area contributed by atoms with Crippen molar-refractivity contribution in [2.45, 2.75) is 18.5 Å². The molecule has 0 aromatic heterocycles. The van der Waals surface area contributed by atoms with Gasteiger partial charge < -0.3 is 10.6 Å². The fourth-order valence-electron chi connectivity index (χ4n) is 2.60. The Bertz CT molecular complexity index is 441. The topological polar surface area (TPSA) is 32.5 Å². The maximum Gasteiger partial charge on any atom is 0.137 e. The van der Waals surface area contributed by atoms with Crippen molar-refractivity contribution >= 4 is 15.9 Å². The number of likely N-dealkylation sites (N-methyl/N-ethyl adjacent to an activating group) is 2. The molecule has 1 aromatic rings. The molecule has 0 radical (unpaired) electrons. The molecule has 19 heavy (non-hydrogen) atoms. The van der Waals surface area contributed by atoms with Crippen LogP contribution in [0.15, 0.2) is 22.7 Å². The Morgan fingerprint density at radius 2 is 2.16 bits per heavy atom. The molecule has 0 bridgehead atoms. The van der Waals surface area contributed by atoms with Gasteiger partial charge in [0.05, 0.1) is 4.47 Å². The van der Waals surface area contributed by atoms with Crippen LogP contribution in [0.5, 0.6) is 0 Å². The molecule has 2 N–H and O–H groups in total. The molecule has 2 unspecified atom stereocenters. The molecular formula is C14H21BrFN3. The van der Waals surface area contributed by atoms with Gasteiger partial charge in [0.2, 0.25) is 0 Å². The fraction of sp³-hybridized carbons (Fsp3) is 0.571. The van der Waals surface area contributed by atoms with E-state index in [0.29, 0.717) is 16.9 Å². The zero-order valence-electron chi connectivity index (χ0n) is 11.4. The SMILES string of the molecule is CN1CCN(C)C(C(N)Cc2cccc(F)c2Br)C1. The lowest BCUT2D eigenvalue weighted by Gasteiger charge is -2.40. The van der Waals surface area contributed by atoms with Crippen LogP contribution < -0.4 is 5.73 Å². The maximum absolute atomic E-state index is 13.5. The van der Waals surface area contributed by atoms with Gasteiger partial charge in [-0.2, -0.15) is 0 Å². The Morgan fingerprint density at radius 1 is 1.42 bits per heavy atom. The number of hydrogen-bond acceptors (Lipinski definition) is 3. The fourth-order valence-corrected chi connectivity index (χ4v) is 3.03. The van der Waals surface area contributed by atoms with Gasteiger partial charge in [0, 0.05) is 31.7 Å². The molecule has 5 heteroatoms. The average molecular weight is 330 g/mol. The minimum absolute atomic E-state index is 0.00542. The Labute approximate surface area is 122 Å². The second-order valence-corrected chi connectivity index (χ2v) is 6.18. The van der Waals surface area contributed by atoms with Crippen LogP contribution >= 0.6 is 15.9 Å². The minimum atomic E-state index is -0.223. The van der Waals surface area contributed by atoms with E-state index in [0.717, 1.165) is 25.2 Å². The van der Waals surface area contributed by atoms with Gasteiger partial charge in [-0.1, -0.05) is 12.1 Å². The molecule has 3 nitrogen and oxygen atoms in total. The van der Waals surface area contributed by atoms with E-state index in [4.69, 9.17) is 5.73 Å². The van der Waals surface area contributed by atoms with Crippen molar-refractivity contribution in [3.63, 3.8) is 0 Å². The Hall–Kier alpha value is -0.490. The number of rotatable bonds is 3. The highest BCUT2D eigenvalue weighted by molar-refractivity contribution is 9.10. The summed E-state index contributed by atoms with van der Waals surface area (Å²) in [5.41, 5.74) is 7.28. The molecule has 106 valence electrons. The minimum Gasteiger partial charge on any atom is -0.326 e. The predicted octanol–water partition coefficient (Wildman–Crippen LogP) is 1.70. The maximum atomic E-state index is 13.5. The Morgan fingerprint density at radius 3 is 2.89 bits per heavy atom. The molecule has 1 saturated heterocycles. The van der Waals surface area contributed by atoms with E-state index in [2.05, 4.69) is 39.8 Å². The molecule has 0 aliphatic carbocycles. The van der Waals surface area contributed by atoms with E-state index < -0.39 is 0 Å². The molecule has 2 atom stereocenters. The van der Waals surface area contributed by atoms with Gasteiger partial charge in [0.15, 0.2) is 0 Å². The monoisotopic (exact) mass is 329 g/mol. The standard InChI is InChI=1S/C14H21BrFN3/c1-18-6-7-19(2)13(9-18)12(17)8-10-4-3-5-11(16)14(10)15/h3-5,12-13H,6-9,17H2,1-2H3. The molecule has 1 aromatic carbocycles. The van der Waals surface area contributed by atoms with Crippen LogP contribution in [0.2, 0.25) is 0 Å². The highest BCUT2D eigenvalue weighted by atomic mass is 79.9. The van der Waals surface area contributed by atoms with Crippen molar-refractivity contribution in [3.8, 4) is 0 Å². The third-order valence-electron chi connectivity index (χ3n) is 3.88. The number of nitrogens with two attached hydrogens (primary N) is 1. The van der Waals surface area contributed by atoms with Gasteiger partial charge in [0.1, 0.15) is 5.82 Å². The predicted molar refractivity (Wildman–Crippen MR) is 79.7 cm³/mol. The van der Waals surface area contributed by atoms with Crippen molar-refractivity contribution in [1.29, 1.82) is 0 Å². The number of hydrogen-bond donors (Lipinski definition) is 1. The van der Waals surface area contributed by atoms with Crippen LogP contribution in [0.1, 0.15) is 5.56 Å². The lowest BCUT2D eigenvalue weighted by molar-refractivity contribution is 0.0973. The van der Waals surface area contributed by atoms with Gasteiger partial charge in [-0.25, -0.2) is 4.39 Å². The third kappa shape index (κ3) is 3.54. The molecular weight excluding hydrogens is 309 g/mol. The van der Waals surface area contributed by atoms with E-state index in [-0.39, 0.29) is 11.9 Å². The summed E-state index contributed by atoms with van der Waals surface area (Å²) in [4.78, 5) is 4.60. The largest absolute Gasteiger partial charge is 0.326 e. The molecule has 0 spiro atoms. The van der Waals surface area contributed by atoms with Crippen molar-refractivity contribution in [1.82, 2.24) is 9.80 Å². The summed E-state index contributed by atoms with van der Waals surface area (Å²) in [5.74, 6) is -0.223. The Balaban J connectivity index is 2.07. The normalized spacial score (nSPS) is 23.5. The zero-order chi connectivity index (χ0) is 14.0. The van der Waals surface area contributed by atoms with Crippen molar-refractivity contribution in [2.24, 2.45) is 5.73 Å². The first kappa shape index (κ1) is 14.9. The highest BCUT2D eigenvalue weighted by Gasteiger charge is 2.28. The number of halogens is 2. The van der Waals surface area contributed by atoms with Crippen molar-refractivity contribution in [3.05, 3.63) is 34.1 Å². The number of nitrogens with zero attached hydrogens (tertiary/aromatic N) is 2. The van der Waals surface area contributed by atoms with E-state index in [9.17, 15) is 4.39 Å². The van der Waals surface area contributed by atoms with Gasteiger partial charge in [-0.3, -0.25) is 4.90 Å². The van der Waals surface area contributed by atoms with Crippen molar-refractivity contribution < 1.29 is 4.39 Å². The molecule has 0 saturated carbocycles. The smallest absolute Gasteiger partial charge is 0.137 e. The van der Waals surface area contributed by atoms with Crippen LogP contribution in [-0.2, 0) is 6.42 Å². The van der Waals surface area contributed by atoms with E-state index in [1.165, 1.54) is 6.07 Å². The van der Waals surface area contributed by atoms with Crippen LogP contribution in [0.4, 0.5) is 4.39 Å². The van der Waals surface area contributed by atoms with Crippen LogP contribution in [0, 0.1) is 5.82 Å². The van der Waals surface area contributed by atoms with Gasteiger partial charge in [-0.05, 0) is 48.1 Å². The summed E-state index contributed by atoms with van der Waals surface area (Å²) < 4.78 is 14.0. The summed E-state index contributed by atoms with van der Waals surface area (Å²) >= 11 is 3.31. The summed E-state index contributed by atoms with van der Waals surface area (Å²) in [6.45, 7) is 3.06. The molecule has 1 aliphatic rings. The van der Waals surface area contributed by atoms with Crippen molar-refractivity contribution in [2.75, 3.05) is 33.7 Å². The van der Waals surface area contributed by atoms with Gasteiger partial charge in [0.25, 0.3) is 0 Å². The van der Waals surface area contributed by atoms with Gasteiger partial charge >= 0.3 is 0 Å². The van der Waals surface area contributed by atoms with Crippen LogP contribution in [0.25, 0.3) is 0 Å². The quantitative estimate of drug-likeness (QED) is 0.916. The lowest BCUT2D eigenvalue weighted by Crippen LogP contribution is -2.58. The number of piperazine rings is 1. The van der Waals surface area contributed by atoms with Crippen LogP contribution in [-0.4, -0.2) is 55.6 Å². The zero-order valence-corrected chi connectivity index (χ0v) is 13.0. The molecule has 2 rings (SSSR count). The highest BCUT2D eigenvalue weighted by Crippen LogP contribution is 2.23. The van der Waals surface area contributed by atoms with Gasteiger partial charge in [-0.15, -0.1) is 0 Å². The van der Waals surface area contributed by atoms with E-state index in [1.807, 2.05) is 6.07 Å². The first-order valence-corrected chi connectivity index (χ1v) is 7.35. The summed E-state index contributed by atoms with van der Waals surface area (Å²) in [6.07, 6.45) is 0.682. The first-order chi connectivity index (χ1) is 8.99. The second kappa shape index (κ2) is 6.31. The van der Waals surface area contributed by atoms with E-state index in [1.54, 1.807) is 6.07 Å². The third-order valence-corrected chi connectivity index (χ3v) is 4.77. The lowest BCUT2D eigenvalue weighted by atomic mass is 9.97. The van der Waals surface area contributed by atoms with Crippen LogP contribution in [0.3, 0.4) is 0 Å².